The molecule has 0 aliphatic carbocycles. The summed E-state index contributed by atoms with van der Waals surface area (Å²) >= 11 is 13.6. The molecule has 0 bridgehead atoms. The van der Waals surface area contributed by atoms with Crippen LogP contribution in [-0.4, -0.2) is 17.5 Å². The zero-order valence-electron chi connectivity index (χ0n) is 18.1. The predicted octanol–water partition coefficient (Wildman–Crippen LogP) is 7.16. The van der Waals surface area contributed by atoms with Gasteiger partial charge in [-0.15, -0.1) is 11.3 Å². The molecule has 1 aromatic heterocycles. The highest BCUT2D eigenvalue weighted by Crippen LogP contribution is 2.27. The Morgan fingerprint density at radius 3 is 2.73 bits per heavy atom. The zero-order valence-corrected chi connectivity index (χ0v) is 20.4. The zero-order chi connectivity index (χ0) is 23.6. The van der Waals surface area contributed by atoms with Crippen molar-refractivity contribution in [3.63, 3.8) is 0 Å². The van der Waals surface area contributed by atoms with Crippen LogP contribution in [0, 0.1) is 11.3 Å². The molecule has 0 spiro atoms. The number of amides is 1. The molecular weight excluding hydrogens is 477 g/mol. The van der Waals surface area contributed by atoms with Gasteiger partial charge in [0.05, 0.1) is 6.61 Å². The maximum Gasteiger partial charge on any atom is 0.268 e. The lowest BCUT2D eigenvalue weighted by molar-refractivity contribution is -0.112. The van der Waals surface area contributed by atoms with Crippen molar-refractivity contribution in [3.8, 4) is 11.8 Å². The molecule has 0 unspecified atom stereocenters. The smallest absolute Gasteiger partial charge is 0.268 e. The molecule has 0 atom stereocenters. The normalized spacial score (nSPS) is 11.2. The lowest BCUT2D eigenvalue weighted by atomic mass is 10.1. The first-order chi connectivity index (χ1) is 16.0. The van der Waals surface area contributed by atoms with E-state index in [1.165, 1.54) is 17.4 Å². The van der Waals surface area contributed by atoms with Crippen LogP contribution in [0.3, 0.4) is 0 Å². The highest BCUT2D eigenvalue weighted by atomic mass is 35.5. The summed E-state index contributed by atoms with van der Waals surface area (Å²) in [5.74, 6) is 0.250. The van der Waals surface area contributed by atoms with Gasteiger partial charge in [0.25, 0.3) is 5.91 Å². The molecule has 0 aliphatic rings. The van der Waals surface area contributed by atoms with Gasteiger partial charge in [0, 0.05) is 27.5 Å². The van der Waals surface area contributed by atoms with E-state index in [1.54, 1.807) is 24.4 Å². The number of unbranched alkanes of at least 4 members (excludes halogenated alkanes) is 2. The number of ether oxygens (including phenoxy) is 1. The number of nitrogens with zero attached hydrogens (tertiary/aromatic N) is 2. The van der Waals surface area contributed by atoms with E-state index in [2.05, 4.69) is 17.2 Å². The molecule has 3 aromatic rings. The molecule has 0 aliphatic heterocycles. The van der Waals surface area contributed by atoms with E-state index in [4.69, 9.17) is 27.9 Å². The van der Waals surface area contributed by atoms with Crippen molar-refractivity contribution in [2.24, 2.45) is 0 Å². The van der Waals surface area contributed by atoms with Gasteiger partial charge in [-0.3, -0.25) is 10.1 Å². The number of nitrogens with one attached hydrogen (secondary N) is 1. The summed E-state index contributed by atoms with van der Waals surface area (Å²) in [4.78, 5) is 17.7. The Morgan fingerprint density at radius 1 is 1.21 bits per heavy atom. The number of carbonyl (C=O) groups excluding carboxylic acids is 1. The predicted molar refractivity (Wildman–Crippen MR) is 135 cm³/mol. The van der Waals surface area contributed by atoms with E-state index in [0.717, 1.165) is 41.0 Å². The van der Waals surface area contributed by atoms with Crippen LogP contribution in [0.25, 0.3) is 6.08 Å². The minimum Gasteiger partial charge on any atom is -0.494 e. The van der Waals surface area contributed by atoms with Crippen LogP contribution >= 0.6 is 34.5 Å². The van der Waals surface area contributed by atoms with Crippen LogP contribution in [0.1, 0.15) is 42.2 Å². The topological polar surface area (TPSA) is 75.0 Å². The summed E-state index contributed by atoms with van der Waals surface area (Å²) in [6, 6.07) is 14.5. The second-order valence-electron chi connectivity index (χ2n) is 7.29. The van der Waals surface area contributed by atoms with Gasteiger partial charge in [-0.05, 0) is 54.0 Å². The summed E-state index contributed by atoms with van der Waals surface area (Å²) in [6.45, 7) is 2.82. The van der Waals surface area contributed by atoms with E-state index < -0.39 is 5.91 Å². The molecule has 1 amide bonds. The highest BCUT2D eigenvalue weighted by molar-refractivity contribution is 7.15. The molecule has 0 radical (unpaired) electrons. The number of hydrogen-bond acceptors (Lipinski definition) is 5. The number of aromatic nitrogens is 1. The molecule has 3 rings (SSSR count). The van der Waals surface area contributed by atoms with Gasteiger partial charge in [-0.25, -0.2) is 4.98 Å². The summed E-state index contributed by atoms with van der Waals surface area (Å²) < 4.78 is 5.69. The number of thiazole rings is 1. The van der Waals surface area contributed by atoms with Gasteiger partial charge < -0.3 is 4.74 Å². The molecule has 170 valence electrons. The fourth-order valence-corrected chi connectivity index (χ4v) is 4.21. The first kappa shape index (κ1) is 24.8. The van der Waals surface area contributed by atoms with E-state index in [1.807, 2.05) is 30.3 Å². The molecule has 1 N–H and O–H groups in total. The third-order valence-electron chi connectivity index (χ3n) is 4.72. The molecular formula is C25H23Cl2N3O2S. The lowest BCUT2D eigenvalue weighted by Gasteiger charge is -2.06. The largest absolute Gasteiger partial charge is 0.494 e. The van der Waals surface area contributed by atoms with Gasteiger partial charge in [0.15, 0.2) is 5.13 Å². The Morgan fingerprint density at radius 2 is 2.00 bits per heavy atom. The van der Waals surface area contributed by atoms with E-state index in [9.17, 15) is 10.1 Å². The third-order valence-corrected chi connectivity index (χ3v) is 6.24. The van der Waals surface area contributed by atoms with Crippen LogP contribution in [0.15, 0.2) is 54.2 Å². The lowest BCUT2D eigenvalue weighted by Crippen LogP contribution is -2.13. The number of carbonyl (C=O) groups is 1. The average Bonchev–Trinajstić information content (AvgIpc) is 3.25. The molecule has 0 saturated carbocycles. The molecule has 1 heterocycles. The van der Waals surface area contributed by atoms with E-state index >= 15 is 0 Å². The minimum absolute atomic E-state index is 0.0127. The summed E-state index contributed by atoms with van der Waals surface area (Å²) in [5.41, 5.74) is 1.60. The second kappa shape index (κ2) is 12.4. The minimum atomic E-state index is -0.515. The monoisotopic (exact) mass is 499 g/mol. The van der Waals surface area contributed by atoms with E-state index in [-0.39, 0.29) is 5.57 Å². The molecule has 5 nitrogen and oxygen atoms in total. The van der Waals surface area contributed by atoms with Crippen LogP contribution in [0.5, 0.6) is 5.75 Å². The maximum atomic E-state index is 12.6. The van der Waals surface area contributed by atoms with Crippen molar-refractivity contribution in [1.82, 2.24) is 4.98 Å². The van der Waals surface area contributed by atoms with Gasteiger partial charge >= 0.3 is 0 Å². The molecule has 0 saturated heterocycles. The van der Waals surface area contributed by atoms with Crippen molar-refractivity contribution in [2.75, 3.05) is 11.9 Å². The van der Waals surface area contributed by atoms with Crippen LogP contribution < -0.4 is 10.1 Å². The van der Waals surface area contributed by atoms with Gasteiger partial charge in [-0.2, -0.15) is 5.26 Å². The fraction of sp³-hybridized carbons (Fsp3) is 0.240. The summed E-state index contributed by atoms with van der Waals surface area (Å²) in [7, 11) is 0. The Hall–Kier alpha value is -2.85. The fourth-order valence-electron chi connectivity index (χ4n) is 3.00. The first-order valence-electron chi connectivity index (χ1n) is 10.5. The van der Waals surface area contributed by atoms with Crippen LogP contribution in [0.4, 0.5) is 5.13 Å². The molecule has 33 heavy (non-hydrogen) atoms. The van der Waals surface area contributed by atoms with Gasteiger partial charge in [0.2, 0.25) is 0 Å². The number of rotatable bonds is 10. The van der Waals surface area contributed by atoms with Crippen molar-refractivity contribution >= 4 is 51.7 Å². The van der Waals surface area contributed by atoms with Gasteiger partial charge in [0.1, 0.15) is 17.4 Å². The van der Waals surface area contributed by atoms with Crippen molar-refractivity contribution in [2.45, 2.75) is 32.6 Å². The quantitative estimate of drug-likeness (QED) is 0.182. The number of benzene rings is 2. The maximum absolute atomic E-state index is 12.6. The standard InChI is InChI=1S/C25H23Cl2N3O2S/c1-2-3-4-11-32-21-8-5-17(6-9-21)12-19(15-28)24(31)30-25-29-16-22(33-25)14-18-13-20(26)7-10-23(18)27/h5-10,12-13,16H,2-4,11,14H2,1H3,(H,29,30,31)/b19-12-. The van der Waals surface area contributed by atoms with Gasteiger partial charge in [-0.1, -0.05) is 55.1 Å². The number of anilines is 1. The summed E-state index contributed by atoms with van der Waals surface area (Å²) in [5, 5.41) is 13.8. The highest BCUT2D eigenvalue weighted by Gasteiger charge is 2.13. The average molecular weight is 500 g/mol. The van der Waals surface area contributed by atoms with Crippen LogP contribution in [-0.2, 0) is 11.2 Å². The Balaban J connectivity index is 1.61. The van der Waals surface area contributed by atoms with Crippen molar-refractivity contribution in [1.29, 1.82) is 5.26 Å². The first-order valence-corrected chi connectivity index (χ1v) is 12.1. The number of hydrogen-bond donors (Lipinski definition) is 1. The molecule has 2 aromatic carbocycles. The molecule has 8 heteroatoms. The number of nitriles is 1. The molecule has 0 fully saturated rings. The van der Waals surface area contributed by atoms with Crippen LogP contribution in [0.2, 0.25) is 10.0 Å². The number of halogens is 2. The third kappa shape index (κ3) is 7.61. The Kier molecular flexibility index (Phi) is 9.32. The second-order valence-corrected chi connectivity index (χ2v) is 9.25. The Labute approximate surface area is 207 Å². The summed E-state index contributed by atoms with van der Waals surface area (Å²) in [6.07, 6.45) is 7.05. The SMILES string of the molecule is CCCCCOc1ccc(/C=C(/C#N)C(=O)Nc2ncc(Cc3cc(Cl)ccc3Cl)s2)cc1. The Bertz CT molecular complexity index is 1170. The van der Waals surface area contributed by atoms with Crippen molar-refractivity contribution in [3.05, 3.63) is 80.3 Å². The van der Waals surface area contributed by atoms with E-state index in [0.29, 0.717) is 28.2 Å². The van der Waals surface area contributed by atoms with Crippen molar-refractivity contribution < 1.29 is 9.53 Å².